The summed E-state index contributed by atoms with van der Waals surface area (Å²) in [5.74, 6) is 0. The molecule has 1 fully saturated rings. The van der Waals surface area contributed by atoms with E-state index in [1.165, 1.54) is 11.1 Å². The predicted molar refractivity (Wildman–Crippen MR) is 75.7 cm³/mol. The van der Waals surface area contributed by atoms with Crippen molar-refractivity contribution in [3.8, 4) is 0 Å². The van der Waals surface area contributed by atoms with Gasteiger partial charge in [-0.2, -0.15) is 0 Å². The molecule has 1 heterocycles. The Hall–Kier alpha value is -0.860. The average molecular weight is 247 g/mol. The second-order valence-electron chi connectivity index (χ2n) is 5.65. The second-order valence-corrected chi connectivity index (χ2v) is 5.65. The highest BCUT2D eigenvalue weighted by atomic mass is 16.5. The van der Waals surface area contributed by atoms with Crippen molar-refractivity contribution in [3.63, 3.8) is 0 Å². The van der Waals surface area contributed by atoms with Crippen LogP contribution in [0.25, 0.3) is 0 Å². The van der Waals surface area contributed by atoms with Gasteiger partial charge in [0.15, 0.2) is 0 Å². The van der Waals surface area contributed by atoms with Crippen molar-refractivity contribution in [3.05, 3.63) is 35.4 Å². The molecular formula is C16H25NO. The highest BCUT2D eigenvalue weighted by Crippen LogP contribution is 2.27. The first-order valence-corrected chi connectivity index (χ1v) is 7.05. The minimum atomic E-state index is 0.0711. The van der Waals surface area contributed by atoms with E-state index >= 15 is 0 Å². The topological polar surface area (TPSA) is 21.3 Å². The zero-order valence-corrected chi connectivity index (χ0v) is 11.8. The SMILES string of the molecule is CCC1(C)CC(NCc2ccccc2C)CCO1. The monoisotopic (exact) mass is 247 g/mol. The molecule has 2 atom stereocenters. The number of benzene rings is 1. The van der Waals surface area contributed by atoms with Crippen LogP contribution in [0.1, 0.15) is 44.2 Å². The summed E-state index contributed by atoms with van der Waals surface area (Å²) in [5, 5.41) is 3.69. The number of hydrogen-bond donors (Lipinski definition) is 1. The fourth-order valence-electron chi connectivity index (χ4n) is 2.61. The minimum Gasteiger partial charge on any atom is -0.375 e. The first kappa shape index (κ1) is 13.6. The zero-order valence-electron chi connectivity index (χ0n) is 11.8. The summed E-state index contributed by atoms with van der Waals surface area (Å²) < 4.78 is 5.88. The number of nitrogens with one attached hydrogen (secondary N) is 1. The van der Waals surface area contributed by atoms with E-state index in [9.17, 15) is 0 Å². The Bertz CT molecular complexity index is 390. The third kappa shape index (κ3) is 3.33. The van der Waals surface area contributed by atoms with Crippen LogP contribution in [0.4, 0.5) is 0 Å². The molecule has 0 saturated carbocycles. The molecule has 1 aromatic rings. The van der Waals surface area contributed by atoms with E-state index in [0.717, 1.165) is 32.4 Å². The number of ether oxygens (including phenoxy) is 1. The summed E-state index contributed by atoms with van der Waals surface area (Å²) in [6.45, 7) is 8.47. The van der Waals surface area contributed by atoms with Gasteiger partial charge in [0.2, 0.25) is 0 Å². The highest BCUT2D eigenvalue weighted by molar-refractivity contribution is 5.25. The predicted octanol–water partition coefficient (Wildman–Crippen LogP) is 3.43. The van der Waals surface area contributed by atoms with E-state index in [0.29, 0.717) is 6.04 Å². The van der Waals surface area contributed by atoms with Crippen LogP contribution in [0, 0.1) is 6.92 Å². The Kier molecular flexibility index (Phi) is 4.41. The molecule has 0 amide bonds. The molecule has 1 aliphatic rings. The van der Waals surface area contributed by atoms with Gasteiger partial charge >= 0.3 is 0 Å². The average Bonchev–Trinajstić information content (AvgIpc) is 2.38. The first-order valence-electron chi connectivity index (χ1n) is 7.05. The molecule has 18 heavy (non-hydrogen) atoms. The first-order chi connectivity index (χ1) is 8.63. The smallest absolute Gasteiger partial charge is 0.0666 e. The van der Waals surface area contributed by atoms with Gasteiger partial charge in [-0.05, 0) is 44.2 Å². The van der Waals surface area contributed by atoms with Gasteiger partial charge in [-0.3, -0.25) is 0 Å². The van der Waals surface area contributed by atoms with E-state index in [4.69, 9.17) is 4.74 Å². The summed E-state index contributed by atoms with van der Waals surface area (Å²) >= 11 is 0. The van der Waals surface area contributed by atoms with Gasteiger partial charge in [0.1, 0.15) is 0 Å². The van der Waals surface area contributed by atoms with Crippen LogP contribution >= 0.6 is 0 Å². The van der Waals surface area contributed by atoms with Gasteiger partial charge in [0.25, 0.3) is 0 Å². The van der Waals surface area contributed by atoms with E-state index < -0.39 is 0 Å². The van der Waals surface area contributed by atoms with Gasteiger partial charge < -0.3 is 10.1 Å². The molecule has 1 aromatic carbocycles. The molecule has 2 unspecified atom stereocenters. The number of hydrogen-bond acceptors (Lipinski definition) is 2. The van der Waals surface area contributed by atoms with Gasteiger partial charge in [0, 0.05) is 19.2 Å². The lowest BCUT2D eigenvalue weighted by Crippen LogP contribution is -2.44. The third-order valence-electron chi connectivity index (χ3n) is 4.19. The molecule has 1 saturated heterocycles. The largest absolute Gasteiger partial charge is 0.375 e. The highest BCUT2D eigenvalue weighted by Gasteiger charge is 2.31. The molecule has 0 aliphatic carbocycles. The third-order valence-corrected chi connectivity index (χ3v) is 4.19. The van der Waals surface area contributed by atoms with Crippen LogP contribution < -0.4 is 5.32 Å². The van der Waals surface area contributed by atoms with Gasteiger partial charge in [-0.15, -0.1) is 0 Å². The second kappa shape index (κ2) is 5.85. The molecule has 0 aromatic heterocycles. The molecule has 0 radical (unpaired) electrons. The van der Waals surface area contributed by atoms with E-state index in [1.54, 1.807) is 0 Å². The molecule has 0 spiro atoms. The fourth-order valence-corrected chi connectivity index (χ4v) is 2.61. The minimum absolute atomic E-state index is 0.0711. The Balaban J connectivity index is 1.89. The standard InChI is InChI=1S/C16H25NO/c1-4-16(3)11-15(9-10-18-16)17-12-14-8-6-5-7-13(14)2/h5-8,15,17H,4,9-12H2,1-3H3. The maximum atomic E-state index is 5.88. The maximum Gasteiger partial charge on any atom is 0.0666 e. The van der Waals surface area contributed by atoms with Crippen LogP contribution in [0.15, 0.2) is 24.3 Å². The van der Waals surface area contributed by atoms with Crippen LogP contribution in [0.2, 0.25) is 0 Å². The van der Waals surface area contributed by atoms with Crippen molar-refractivity contribution in [2.24, 2.45) is 0 Å². The summed E-state index contributed by atoms with van der Waals surface area (Å²) in [7, 11) is 0. The lowest BCUT2D eigenvalue weighted by Gasteiger charge is -2.38. The molecular weight excluding hydrogens is 222 g/mol. The van der Waals surface area contributed by atoms with E-state index in [1.807, 2.05) is 0 Å². The molecule has 100 valence electrons. The van der Waals surface area contributed by atoms with Crippen LogP contribution in [-0.4, -0.2) is 18.2 Å². The van der Waals surface area contributed by atoms with Crippen molar-refractivity contribution < 1.29 is 4.74 Å². The fraction of sp³-hybridized carbons (Fsp3) is 0.625. The quantitative estimate of drug-likeness (QED) is 0.880. The summed E-state index contributed by atoms with van der Waals surface area (Å²) in [4.78, 5) is 0. The van der Waals surface area contributed by atoms with Crippen molar-refractivity contribution in [2.45, 2.75) is 58.2 Å². The number of rotatable bonds is 4. The normalized spacial score (nSPS) is 28.3. The molecule has 2 nitrogen and oxygen atoms in total. The summed E-state index contributed by atoms with van der Waals surface area (Å²) in [6.07, 6.45) is 3.34. The van der Waals surface area contributed by atoms with Gasteiger partial charge in [-0.25, -0.2) is 0 Å². The Morgan fingerprint density at radius 2 is 2.17 bits per heavy atom. The molecule has 2 heteroatoms. The Morgan fingerprint density at radius 1 is 1.39 bits per heavy atom. The molecule has 1 aliphatic heterocycles. The van der Waals surface area contributed by atoms with Gasteiger partial charge in [-0.1, -0.05) is 31.2 Å². The van der Waals surface area contributed by atoms with Crippen LogP contribution in [-0.2, 0) is 11.3 Å². The van der Waals surface area contributed by atoms with Crippen LogP contribution in [0.3, 0.4) is 0 Å². The molecule has 2 rings (SSSR count). The van der Waals surface area contributed by atoms with Gasteiger partial charge in [0.05, 0.1) is 5.60 Å². The van der Waals surface area contributed by atoms with Crippen molar-refractivity contribution >= 4 is 0 Å². The zero-order chi connectivity index (χ0) is 13.0. The summed E-state index contributed by atoms with van der Waals surface area (Å²) in [6, 6.07) is 9.19. The number of aryl methyl sites for hydroxylation is 1. The Morgan fingerprint density at radius 3 is 2.89 bits per heavy atom. The lowest BCUT2D eigenvalue weighted by molar-refractivity contribution is -0.0781. The van der Waals surface area contributed by atoms with Crippen molar-refractivity contribution in [1.29, 1.82) is 0 Å². The summed E-state index contributed by atoms with van der Waals surface area (Å²) in [5.41, 5.74) is 2.85. The van der Waals surface area contributed by atoms with Crippen LogP contribution in [0.5, 0.6) is 0 Å². The molecule has 1 N–H and O–H groups in total. The van der Waals surface area contributed by atoms with E-state index in [-0.39, 0.29) is 5.60 Å². The van der Waals surface area contributed by atoms with Crippen molar-refractivity contribution in [2.75, 3.05) is 6.61 Å². The lowest BCUT2D eigenvalue weighted by atomic mass is 9.90. The Labute approximate surface area is 111 Å². The molecule has 0 bridgehead atoms. The van der Waals surface area contributed by atoms with E-state index in [2.05, 4.69) is 50.4 Å². The maximum absolute atomic E-state index is 5.88. The van der Waals surface area contributed by atoms with Crippen molar-refractivity contribution in [1.82, 2.24) is 5.32 Å².